The molecule has 5 nitrogen and oxygen atoms in total. The minimum atomic E-state index is -0.959. The zero-order valence-corrected chi connectivity index (χ0v) is 8.28. The zero-order chi connectivity index (χ0) is 10.4. The molecular formula is C9H18N2O3. The maximum Gasteiger partial charge on any atom is 0.404 e. The molecule has 0 aromatic heterocycles. The van der Waals surface area contributed by atoms with Gasteiger partial charge in [0.05, 0.1) is 6.10 Å². The normalized spacial score (nSPS) is 19.5. The smallest absolute Gasteiger partial charge is 0.404 e. The standard InChI is InChI=1S/C9H18N2O3/c12-8-2-6-11(7-3-8)5-1-4-10-9(13)14/h8,10,12H,1-7H2,(H,13,14). The highest BCUT2D eigenvalue weighted by atomic mass is 16.4. The topological polar surface area (TPSA) is 72.8 Å². The van der Waals surface area contributed by atoms with E-state index in [9.17, 15) is 9.90 Å². The summed E-state index contributed by atoms with van der Waals surface area (Å²) in [4.78, 5) is 12.4. The van der Waals surface area contributed by atoms with Crippen LogP contribution in [0.3, 0.4) is 0 Å². The summed E-state index contributed by atoms with van der Waals surface area (Å²) in [6.45, 7) is 3.27. The minimum Gasteiger partial charge on any atom is -0.465 e. The number of amides is 1. The van der Waals surface area contributed by atoms with Crippen LogP contribution in [-0.2, 0) is 0 Å². The van der Waals surface area contributed by atoms with E-state index in [1.165, 1.54) is 0 Å². The first-order valence-corrected chi connectivity index (χ1v) is 5.05. The van der Waals surface area contributed by atoms with Gasteiger partial charge in [0.2, 0.25) is 0 Å². The Morgan fingerprint density at radius 3 is 2.64 bits per heavy atom. The average molecular weight is 202 g/mol. The molecule has 14 heavy (non-hydrogen) atoms. The van der Waals surface area contributed by atoms with Gasteiger partial charge < -0.3 is 20.4 Å². The van der Waals surface area contributed by atoms with E-state index in [4.69, 9.17) is 5.11 Å². The van der Waals surface area contributed by atoms with Crippen molar-refractivity contribution >= 4 is 6.09 Å². The number of hydrogen-bond donors (Lipinski definition) is 3. The van der Waals surface area contributed by atoms with Crippen molar-refractivity contribution in [2.24, 2.45) is 0 Å². The molecular weight excluding hydrogens is 184 g/mol. The maximum atomic E-state index is 10.1. The summed E-state index contributed by atoms with van der Waals surface area (Å²) in [5.74, 6) is 0. The lowest BCUT2D eigenvalue weighted by molar-refractivity contribution is 0.0821. The molecule has 0 unspecified atom stereocenters. The fourth-order valence-corrected chi connectivity index (χ4v) is 1.64. The van der Waals surface area contributed by atoms with Crippen LogP contribution in [-0.4, -0.2) is 53.5 Å². The largest absolute Gasteiger partial charge is 0.465 e. The van der Waals surface area contributed by atoms with Gasteiger partial charge in [0, 0.05) is 19.6 Å². The molecule has 0 saturated carbocycles. The van der Waals surface area contributed by atoms with Crippen molar-refractivity contribution in [1.29, 1.82) is 0 Å². The van der Waals surface area contributed by atoms with Gasteiger partial charge in [0.25, 0.3) is 0 Å². The number of nitrogens with zero attached hydrogens (tertiary/aromatic N) is 1. The van der Waals surface area contributed by atoms with E-state index in [0.717, 1.165) is 38.9 Å². The molecule has 3 N–H and O–H groups in total. The molecule has 1 aliphatic rings. The predicted octanol–water partition coefficient (Wildman–Crippen LogP) is 0.101. The SMILES string of the molecule is O=C(O)NCCCN1CCC(O)CC1. The fourth-order valence-electron chi connectivity index (χ4n) is 1.64. The van der Waals surface area contributed by atoms with Gasteiger partial charge >= 0.3 is 6.09 Å². The van der Waals surface area contributed by atoms with E-state index in [2.05, 4.69) is 10.2 Å². The summed E-state index contributed by atoms with van der Waals surface area (Å²) in [6.07, 6.45) is 1.42. The van der Waals surface area contributed by atoms with Crippen LogP contribution >= 0.6 is 0 Å². The molecule has 1 fully saturated rings. The van der Waals surface area contributed by atoms with Crippen molar-refractivity contribution in [1.82, 2.24) is 10.2 Å². The van der Waals surface area contributed by atoms with Crippen LogP contribution in [0.5, 0.6) is 0 Å². The van der Waals surface area contributed by atoms with Gasteiger partial charge in [-0.2, -0.15) is 0 Å². The van der Waals surface area contributed by atoms with Crippen molar-refractivity contribution < 1.29 is 15.0 Å². The monoisotopic (exact) mass is 202 g/mol. The zero-order valence-electron chi connectivity index (χ0n) is 8.28. The van der Waals surface area contributed by atoms with E-state index in [-0.39, 0.29) is 6.10 Å². The van der Waals surface area contributed by atoms with Crippen molar-refractivity contribution in [3.05, 3.63) is 0 Å². The first-order chi connectivity index (χ1) is 6.68. The van der Waals surface area contributed by atoms with E-state index in [0.29, 0.717) is 6.54 Å². The Balaban J connectivity index is 1.99. The van der Waals surface area contributed by atoms with Gasteiger partial charge in [-0.15, -0.1) is 0 Å². The molecule has 0 aromatic rings. The summed E-state index contributed by atoms with van der Waals surface area (Å²) >= 11 is 0. The van der Waals surface area contributed by atoms with Gasteiger partial charge in [-0.1, -0.05) is 0 Å². The van der Waals surface area contributed by atoms with Crippen LogP contribution in [0.25, 0.3) is 0 Å². The van der Waals surface area contributed by atoms with E-state index in [1.54, 1.807) is 0 Å². The molecule has 0 bridgehead atoms. The van der Waals surface area contributed by atoms with Crippen LogP contribution in [0, 0.1) is 0 Å². The minimum absolute atomic E-state index is 0.136. The average Bonchev–Trinajstić information content (AvgIpc) is 2.15. The van der Waals surface area contributed by atoms with Crippen molar-refractivity contribution in [2.45, 2.75) is 25.4 Å². The van der Waals surface area contributed by atoms with Crippen LogP contribution in [0.15, 0.2) is 0 Å². The third kappa shape index (κ3) is 4.43. The summed E-state index contributed by atoms with van der Waals surface area (Å²) < 4.78 is 0. The van der Waals surface area contributed by atoms with E-state index >= 15 is 0 Å². The van der Waals surface area contributed by atoms with Gasteiger partial charge in [-0.25, -0.2) is 4.79 Å². The third-order valence-corrected chi connectivity index (χ3v) is 2.48. The number of nitrogens with one attached hydrogen (secondary N) is 1. The van der Waals surface area contributed by atoms with Gasteiger partial charge in [-0.05, 0) is 25.8 Å². The molecule has 0 aromatic carbocycles. The lowest BCUT2D eigenvalue weighted by atomic mass is 10.1. The maximum absolute atomic E-state index is 10.1. The molecule has 1 saturated heterocycles. The first-order valence-electron chi connectivity index (χ1n) is 5.05. The van der Waals surface area contributed by atoms with Gasteiger partial charge in [-0.3, -0.25) is 0 Å². The number of aliphatic hydroxyl groups excluding tert-OH is 1. The summed E-state index contributed by atoms with van der Waals surface area (Å²) in [6, 6.07) is 0. The summed E-state index contributed by atoms with van der Waals surface area (Å²) in [7, 11) is 0. The van der Waals surface area contributed by atoms with Crippen LogP contribution in [0.4, 0.5) is 4.79 Å². The molecule has 1 amide bonds. The van der Waals surface area contributed by atoms with Crippen molar-refractivity contribution in [2.75, 3.05) is 26.2 Å². The third-order valence-electron chi connectivity index (χ3n) is 2.48. The Kier molecular flexibility index (Phi) is 4.69. The van der Waals surface area contributed by atoms with Crippen molar-refractivity contribution in [3.8, 4) is 0 Å². The van der Waals surface area contributed by atoms with E-state index in [1.807, 2.05) is 0 Å². The highest BCUT2D eigenvalue weighted by Crippen LogP contribution is 2.09. The van der Waals surface area contributed by atoms with Crippen LogP contribution in [0.1, 0.15) is 19.3 Å². The second kappa shape index (κ2) is 5.82. The molecule has 1 heterocycles. The molecule has 82 valence electrons. The quantitative estimate of drug-likeness (QED) is 0.565. The summed E-state index contributed by atoms with van der Waals surface area (Å²) in [5, 5.41) is 19.9. The van der Waals surface area contributed by atoms with Crippen LogP contribution < -0.4 is 5.32 Å². The second-order valence-electron chi connectivity index (χ2n) is 3.66. The Morgan fingerprint density at radius 1 is 1.43 bits per heavy atom. The second-order valence-corrected chi connectivity index (χ2v) is 3.66. The van der Waals surface area contributed by atoms with Gasteiger partial charge in [0.1, 0.15) is 0 Å². The number of hydrogen-bond acceptors (Lipinski definition) is 3. The van der Waals surface area contributed by atoms with Gasteiger partial charge in [0.15, 0.2) is 0 Å². The number of piperidine rings is 1. The van der Waals surface area contributed by atoms with Crippen LogP contribution in [0.2, 0.25) is 0 Å². The first kappa shape index (κ1) is 11.3. The molecule has 1 rings (SSSR count). The molecule has 0 atom stereocenters. The lowest BCUT2D eigenvalue weighted by Gasteiger charge is -2.29. The number of rotatable bonds is 4. The fraction of sp³-hybridized carbons (Fsp3) is 0.889. The number of carboxylic acid groups (broad SMARTS) is 1. The number of carbonyl (C=O) groups is 1. The number of likely N-dealkylation sites (tertiary alicyclic amines) is 1. The predicted molar refractivity (Wildman–Crippen MR) is 52.3 cm³/mol. The van der Waals surface area contributed by atoms with E-state index < -0.39 is 6.09 Å². The highest BCUT2D eigenvalue weighted by Gasteiger charge is 2.15. The molecule has 5 heteroatoms. The molecule has 0 aliphatic carbocycles. The Morgan fingerprint density at radius 2 is 2.07 bits per heavy atom. The highest BCUT2D eigenvalue weighted by molar-refractivity contribution is 5.64. The van der Waals surface area contributed by atoms with Crippen molar-refractivity contribution in [3.63, 3.8) is 0 Å². The summed E-state index contributed by atoms with van der Waals surface area (Å²) in [5.41, 5.74) is 0. The Labute approximate surface area is 83.7 Å². The number of aliphatic hydroxyl groups is 1. The molecule has 0 spiro atoms. The lowest BCUT2D eigenvalue weighted by Crippen LogP contribution is -2.37. The molecule has 1 aliphatic heterocycles. The Bertz CT molecular complexity index is 179. The Hall–Kier alpha value is -0.810. The molecule has 0 radical (unpaired) electrons.